The number of H-pyrrole nitrogens is 1. The van der Waals surface area contributed by atoms with E-state index in [1.54, 1.807) is 62.4 Å². The molecule has 2 atom stereocenters. The van der Waals surface area contributed by atoms with Gasteiger partial charge in [-0.15, -0.1) is 0 Å². The van der Waals surface area contributed by atoms with Gasteiger partial charge < -0.3 is 24.2 Å². The second kappa shape index (κ2) is 13.3. The molecule has 0 aliphatic carbocycles. The fourth-order valence-corrected chi connectivity index (χ4v) is 4.26. The lowest BCUT2D eigenvalue weighted by Crippen LogP contribution is -2.45. The maximum atomic E-state index is 13.0. The van der Waals surface area contributed by atoms with Crippen LogP contribution in [-0.4, -0.2) is 33.4 Å². The van der Waals surface area contributed by atoms with E-state index in [1.807, 2.05) is 30.3 Å². The number of amides is 1. The molecule has 11 nitrogen and oxygen atoms in total. The number of carbonyl (C=O) groups is 2. The number of rotatable bonds is 9. The third kappa shape index (κ3) is 7.49. The van der Waals surface area contributed by atoms with Crippen LogP contribution in [0.25, 0.3) is 0 Å². The molecular weight excluding hydrogens is 530 g/mol. The van der Waals surface area contributed by atoms with E-state index >= 15 is 0 Å². The molecule has 4 rings (SSSR count). The lowest BCUT2D eigenvalue weighted by atomic mass is 10.1. The number of nitrogens with zero attached hydrogens (tertiary/aromatic N) is 2. The van der Waals surface area contributed by atoms with E-state index in [1.165, 1.54) is 16.7 Å². The van der Waals surface area contributed by atoms with Crippen LogP contribution in [0.1, 0.15) is 41.6 Å². The van der Waals surface area contributed by atoms with Crippen molar-refractivity contribution in [1.29, 1.82) is 0 Å². The number of carbonyl (C=O) groups excluding carboxylic acids is 2. The average molecular weight is 559 g/mol. The minimum absolute atomic E-state index is 0.152. The molecule has 0 aliphatic heterocycles. The third-order valence-corrected chi connectivity index (χ3v) is 6.28. The Morgan fingerprint density at radius 1 is 0.927 bits per heavy atom. The van der Waals surface area contributed by atoms with Crippen molar-refractivity contribution in [3.05, 3.63) is 134 Å². The second-order valence-corrected chi connectivity index (χ2v) is 9.08. The van der Waals surface area contributed by atoms with E-state index in [0.717, 1.165) is 5.56 Å². The van der Waals surface area contributed by atoms with Crippen molar-refractivity contribution in [2.75, 3.05) is 6.54 Å². The lowest BCUT2D eigenvalue weighted by molar-refractivity contribution is -0.297. The van der Waals surface area contributed by atoms with Crippen LogP contribution in [0.3, 0.4) is 0 Å². The SMILES string of the molecule is Cc1c(Cc2ccccc2)n(C(C)OC(CN(OC(=O)Oc2ccccc2)C(=O)[O-])c2ccccc2)c(=O)[nH]c1=O. The Balaban J connectivity index is 1.62. The van der Waals surface area contributed by atoms with Crippen LogP contribution < -0.4 is 21.1 Å². The molecule has 0 saturated heterocycles. The van der Waals surface area contributed by atoms with Crippen molar-refractivity contribution in [2.45, 2.75) is 32.6 Å². The number of carboxylic acid groups (broad SMARTS) is 1. The molecule has 11 heteroatoms. The van der Waals surface area contributed by atoms with Gasteiger partial charge in [-0.25, -0.2) is 9.59 Å². The van der Waals surface area contributed by atoms with Crippen LogP contribution in [-0.2, 0) is 16.0 Å². The van der Waals surface area contributed by atoms with Crippen molar-refractivity contribution < 1.29 is 29.0 Å². The monoisotopic (exact) mass is 558 g/mol. The van der Waals surface area contributed by atoms with Gasteiger partial charge in [0.25, 0.3) is 5.56 Å². The summed E-state index contributed by atoms with van der Waals surface area (Å²) >= 11 is 0. The van der Waals surface area contributed by atoms with Crippen LogP contribution in [0.2, 0.25) is 0 Å². The molecule has 41 heavy (non-hydrogen) atoms. The number of hydrogen-bond donors (Lipinski definition) is 1. The van der Waals surface area contributed by atoms with E-state index < -0.39 is 42.4 Å². The van der Waals surface area contributed by atoms with Gasteiger partial charge in [0.15, 0.2) is 6.09 Å². The lowest BCUT2D eigenvalue weighted by Gasteiger charge is -2.30. The summed E-state index contributed by atoms with van der Waals surface area (Å²) in [7, 11) is 0. The van der Waals surface area contributed by atoms with Gasteiger partial charge in [-0.2, -0.15) is 5.06 Å². The Kier molecular flexibility index (Phi) is 9.33. The van der Waals surface area contributed by atoms with Crippen molar-refractivity contribution in [1.82, 2.24) is 14.6 Å². The highest BCUT2D eigenvalue weighted by atomic mass is 16.8. The van der Waals surface area contributed by atoms with E-state index in [-0.39, 0.29) is 12.2 Å². The summed E-state index contributed by atoms with van der Waals surface area (Å²) in [5, 5.41) is 12.2. The maximum Gasteiger partial charge on any atom is 0.539 e. The molecule has 2 unspecified atom stereocenters. The van der Waals surface area contributed by atoms with Crippen LogP contribution in [0.5, 0.6) is 5.75 Å². The normalized spacial score (nSPS) is 12.2. The highest BCUT2D eigenvalue weighted by Gasteiger charge is 2.26. The van der Waals surface area contributed by atoms with Crippen LogP contribution in [0.4, 0.5) is 9.59 Å². The molecule has 0 aliphatic rings. The zero-order valence-corrected chi connectivity index (χ0v) is 22.4. The van der Waals surface area contributed by atoms with Gasteiger partial charge in [0.05, 0.1) is 6.54 Å². The summed E-state index contributed by atoms with van der Waals surface area (Å²) in [6, 6.07) is 25.9. The van der Waals surface area contributed by atoms with Crippen molar-refractivity contribution in [3.8, 4) is 5.75 Å². The molecule has 212 valence electrons. The minimum Gasteiger partial charge on any atom is -0.528 e. The number of ether oxygens (including phenoxy) is 2. The van der Waals surface area contributed by atoms with Gasteiger partial charge in [-0.1, -0.05) is 78.9 Å². The number of aromatic amines is 1. The summed E-state index contributed by atoms with van der Waals surface area (Å²) < 4.78 is 12.6. The van der Waals surface area contributed by atoms with Crippen LogP contribution >= 0.6 is 0 Å². The third-order valence-electron chi connectivity index (χ3n) is 6.28. The van der Waals surface area contributed by atoms with Gasteiger partial charge in [-0.3, -0.25) is 14.3 Å². The molecule has 1 N–H and O–H groups in total. The summed E-state index contributed by atoms with van der Waals surface area (Å²) in [5.74, 6) is 0.152. The van der Waals surface area contributed by atoms with Crippen LogP contribution in [0.15, 0.2) is 101 Å². The van der Waals surface area contributed by atoms with Crippen molar-refractivity contribution in [2.24, 2.45) is 0 Å². The Morgan fingerprint density at radius 3 is 2.12 bits per heavy atom. The predicted molar refractivity (Wildman–Crippen MR) is 146 cm³/mol. The number of aromatic nitrogens is 2. The second-order valence-electron chi connectivity index (χ2n) is 9.08. The zero-order chi connectivity index (χ0) is 29.4. The number of nitrogens with one attached hydrogen (secondary N) is 1. The van der Waals surface area contributed by atoms with E-state index in [0.29, 0.717) is 21.9 Å². The molecule has 3 aromatic carbocycles. The Hall–Kier alpha value is -5.16. The number of para-hydroxylation sites is 1. The smallest absolute Gasteiger partial charge is 0.528 e. The summed E-state index contributed by atoms with van der Waals surface area (Å²) in [6.45, 7) is 2.70. The Bertz CT molecular complexity index is 1590. The van der Waals surface area contributed by atoms with E-state index in [4.69, 9.17) is 14.3 Å². The maximum absolute atomic E-state index is 13.0. The minimum atomic E-state index is -1.81. The van der Waals surface area contributed by atoms with Gasteiger partial charge in [0, 0.05) is 17.7 Å². The number of hydroxylamine groups is 2. The van der Waals surface area contributed by atoms with E-state index in [9.17, 15) is 24.3 Å². The molecule has 4 aromatic rings. The van der Waals surface area contributed by atoms with Gasteiger partial charge in [-0.05, 0) is 37.1 Å². The van der Waals surface area contributed by atoms with Gasteiger partial charge >= 0.3 is 11.8 Å². The fourth-order valence-electron chi connectivity index (χ4n) is 4.26. The molecular formula is C30H28N3O8-. The Labute approximate surface area is 235 Å². The topological polar surface area (TPSA) is 143 Å². The zero-order valence-electron chi connectivity index (χ0n) is 22.4. The number of benzene rings is 3. The largest absolute Gasteiger partial charge is 0.539 e. The first-order valence-corrected chi connectivity index (χ1v) is 12.7. The molecule has 1 amide bonds. The highest BCUT2D eigenvalue weighted by molar-refractivity contribution is 5.68. The summed E-state index contributed by atoms with van der Waals surface area (Å²) in [6.07, 6.45) is -4.85. The van der Waals surface area contributed by atoms with Gasteiger partial charge in [0.2, 0.25) is 0 Å². The summed E-state index contributed by atoms with van der Waals surface area (Å²) in [5.41, 5.74) is 0.967. The molecule has 0 saturated carbocycles. The van der Waals surface area contributed by atoms with Crippen LogP contribution in [0, 0.1) is 6.92 Å². The molecule has 0 bridgehead atoms. The average Bonchev–Trinajstić information content (AvgIpc) is 2.96. The predicted octanol–water partition coefficient (Wildman–Crippen LogP) is 3.49. The Morgan fingerprint density at radius 2 is 1.51 bits per heavy atom. The van der Waals surface area contributed by atoms with E-state index in [2.05, 4.69) is 4.98 Å². The van der Waals surface area contributed by atoms with Crippen molar-refractivity contribution >= 4 is 12.2 Å². The molecule has 0 spiro atoms. The summed E-state index contributed by atoms with van der Waals surface area (Å²) in [4.78, 5) is 57.0. The van der Waals surface area contributed by atoms with Crippen molar-refractivity contribution in [3.63, 3.8) is 0 Å². The molecule has 0 radical (unpaired) electrons. The van der Waals surface area contributed by atoms with Gasteiger partial charge in [0.1, 0.15) is 18.1 Å². The number of hydrogen-bond acceptors (Lipinski definition) is 8. The first kappa shape index (κ1) is 28.8. The fraction of sp³-hybridized carbons (Fsp3) is 0.200. The first-order chi connectivity index (χ1) is 19.7. The quantitative estimate of drug-likeness (QED) is 0.187. The molecule has 1 aromatic heterocycles. The molecule has 1 heterocycles. The molecule has 0 fully saturated rings. The standard InChI is InChI=1S/C30H29N3O8/c1-20-25(18-22-12-6-3-7-13-22)33(28(35)31-27(20)34)21(2)39-26(23-14-8-4-9-15-23)19-32(29(36)37)41-30(38)40-24-16-10-5-11-17-24/h3-17,21,26H,18-19H2,1-2H3,(H,36,37)(H,31,34,35)/p-1. The highest BCUT2D eigenvalue weighted by Crippen LogP contribution is 2.26. The first-order valence-electron chi connectivity index (χ1n) is 12.7.